The maximum atomic E-state index is 5.91. The van der Waals surface area contributed by atoms with Crippen molar-refractivity contribution in [2.75, 3.05) is 39.3 Å². The third-order valence-electron chi connectivity index (χ3n) is 10.5. The van der Waals surface area contributed by atoms with Gasteiger partial charge in [-0.25, -0.2) is 0 Å². The highest BCUT2D eigenvalue weighted by Gasteiger charge is 2.36. The molecule has 0 aromatic carbocycles. The Bertz CT molecular complexity index is 807. The van der Waals surface area contributed by atoms with Crippen molar-refractivity contribution in [1.82, 2.24) is 30.5 Å². The number of rotatable bonds is 42. The number of nitrogens with one attached hydrogen (secondary N) is 6. The molecule has 1 aliphatic heterocycles. The molecule has 0 amide bonds. The molecule has 0 atom stereocenters. The summed E-state index contributed by atoms with van der Waals surface area (Å²) in [6.45, 7) is 19.6. The number of hydrogen-bond acceptors (Lipinski definition) is 9. The van der Waals surface area contributed by atoms with Crippen molar-refractivity contribution >= 4 is 22.5 Å². The standard InChI is InChI=1S/C42H96N9P3/c1-7-13-19-25-31-37-43-52(44-38-32-26-20-14-8-2)49-53(45-39-33-27-21-15-9-3,46-40-34-28-22-16-10-4)51-54(50-52,47-41-35-29-23-17-11-5)48-42-36-30-24-18-12-6/h43-48H,7-42H2,1-6H3. The van der Waals surface area contributed by atoms with Gasteiger partial charge in [0.1, 0.15) is 0 Å². The first-order valence-electron chi connectivity index (χ1n) is 23.9. The van der Waals surface area contributed by atoms with E-state index < -0.39 is 22.5 Å². The lowest BCUT2D eigenvalue weighted by Gasteiger charge is -2.38. The zero-order chi connectivity index (χ0) is 39.3. The molecule has 0 saturated heterocycles. The van der Waals surface area contributed by atoms with Gasteiger partial charge >= 0.3 is 0 Å². The van der Waals surface area contributed by atoms with Crippen LogP contribution in [0.15, 0.2) is 13.5 Å². The molecule has 0 aliphatic carbocycles. The van der Waals surface area contributed by atoms with E-state index in [4.69, 9.17) is 13.5 Å². The van der Waals surface area contributed by atoms with Crippen LogP contribution in [0.5, 0.6) is 0 Å². The summed E-state index contributed by atoms with van der Waals surface area (Å²) in [5.41, 5.74) is 0. The summed E-state index contributed by atoms with van der Waals surface area (Å²) in [7, 11) is -7.51. The van der Waals surface area contributed by atoms with Crippen LogP contribution in [0.3, 0.4) is 0 Å². The minimum Gasteiger partial charge on any atom is -0.253 e. The van der Waals surface area contributed by atoms with Crippen LogP contribution in [0.4, 0.5) is 0 Å². The van der Waals surface area contributed by atoms with E-state index in [0.29, 0.717) is 0 Å². The lowest BCUT2D eigenvalue weighted by Crippen LogP contribution is -2.32. The van der Waals surface area contributed by atoms with Crippen LogP contribution in [-0.4, -0.2) is 39.3 Å². The van der Waals surface area contributed by atoms with Crippen LogP contribution in [0, 0.1) is 0 Å². The average molecular weight is 820 g/mol. The van der Waals surface area contributed by atoms with Crippen molar-refractivity contribution in [3.8, 4) is 0 Å². The molecule has 54 heavy (non-hydrogen) atoms. The van der Waals surface area contributed by atoms with Crippen molar-refractivity contribution in [3.63, 3.8) is 0 Å². The van der Waals surface area contributed by atoms with Gasteiger partial charge in [-0.1, -0.05) is 196 Å². The zero-order valence-corrected chi connectivity index (χ0v) is 39.8. The van der Waals surface area contributed by atoms with E-state index in [1.165, 1.54) is 193 Å². The predicted molar refractivity (Wildman–Crippen MR) is 249 cm³/mol. The molecule has 0 aromatic heterocycles. The molecular weight excluding hydrogens is 723 g/mol. The van der Waals surface area contributed by atoms with E-state index in [2.05, 4.69) is 72.1 Å². The summed E-state index contributed by atoms with van der Waals surface area (Å²) in [6, 6.07) is 0. The van der Waals surface area contributed by atoms with Crippen molar-refractivity contribution in [2.45, 2.75) is 234 Å². The van der Waals surface area contributed by atoms with Crippen LogP contribution < -0.4 is 30.5 Å². The highest BCUT2D eigenvalue weighted by Crippen LogP contribution is 2.70. The lowest BCUT2D eigenvalue weighted by atomic mass is 10.2. The Labute approximate surface area is 338 Å². The molecule has 1 aliphatic rings. The monoisotopic (exact) mass is 820 g/mol. The molecule has 1 heterocycles. The molecule has 0 saturated carbocycles. The molecule has 9 nitrogen and oxygen atoms in total. The first-order valence-corrected chi connectivity index (χ1v) is 29.0. The smallest absolute Gasteiger partial charge is 0.215 e. The van der Waals surface area contributed by atoms with Gasteiger partial charge in [-0.15, -0.1) is 0 Å². The second kappa shape index (κ2) is 36.5. The van der Waals surface area contributed by atoms with Crippen molar-refractivity contribution < 1.29 is 0 Å². The third kappa shape index (κ3) is 26.5. The van der Waals surface area contributed by atoms with E-state index in [0.717, 1.165) is 39.3 Å². The van der Waals surface area contributed by atoms with Crippen LogP contribution in [-0.2, 0) is 0 Å². The topological polar surface area (TPSA) is 109 Å². The van der Waals surface area contributed by atoms with E-state index in [-0.39, 0.29) is 0 Å². The Hall–Kier alpha value is 0.450. The summed E-state index contributed by atoms with van der Waals surface area (Å²) < 4.78 is 17.7. The molecule has 0 bridgehead atoms. The van der Waals surface area contributed by atoms with Gasteiger partial charge in [-0.2, -0.15) is 13.5 Å². The van der Waals surface area contributed by atoms with E-state index in [9.17, 15) is 0 Å². The molecule has 324 valence electrons. The average Bonchev–Trinajstić information content (AvgIpc) is 3.17. The fourth-order valence-electron chi connectivity index (χ4n) is 6.94. The third-order valence-corrected chi connectivity index (χ3v) is 20.7. The zero-order valence-electron chi connectivity index (χ0n) is 37.1. The highest BCUT2D eigenvalue weighted by atomic mass is 31.3. The van der Waals surface area contributed by atoms with Crippen molar-refractivity contribution in [2.24, 2.45) is 13.5 Å². The predicted octanol–water partition coefficient (Wildman–Crippen LogP) is 15.2. The summed E-state index contributed by atoms with van der Waals surface area (Å²) in [5.74, 6) is 0. The molecule has 12 heteroatoms. The maximum Gasteiger partial charge on any atom is 0.215 e. The van der Waals surface area contributed by atoms with Gasteiger partial charge < -0.3 is 0 Å². The fourth-order valence-corrected chi connectivity index (χ4v) is 19.0. The molecule has 0 radical (unpaired) electrons. The minimum absolute atomic E-state index is 0.954. The maximum absolute atomic E-state index is 5.91. The Kier molecular flexibility index (Phi) is 35.5. The largest absolute Gasteiger partial charge is 0.253 e. The number of nitrogens with zero attached hydrogens (tertiary/aromatic N) is 3. The summed E-state index contributed by atoms with van der Waals surface area (Å²) in [4.78, 5) is 0. The van der Waals surface area contributed by atoms with Gasteiger partial charge in [0.2, 0.25) is 22.5 Å². The van der Waals surface area contributed by atoms with Crippen LogP contribution in [0.2, 0.25) is 0 Å². The van der Waals surface area contributed by atoms with Gasteiger partial charge in [-0.05, 0) is 38.5 Å². The Morgan fingerprint density at radius 1 is 0.222 bits per heavy atom. The first kappa shape index (κ1) is 52.5. The van der Waals surface area contributed by atoms with E-state index in [1.807, 2.05) is 0 Å². The van der Waals surface area contributed by atoms with Gasteiger partial charge in [0.15, 0.2) is 0 Å². The van der Waals surface area contributed by atoms with Crippen LogP contribution in [0.25, 0.3) is 0 Å². The Morgan fingerprint density at radius 3 is 0.519 bits per heavy atom. The minimum atomic E-state index is -2.50. The van der Waals surface area contributed by atoms with Crippen LogP contribution >= 0.6 is 22.5 Å². The highest BCUT2D eigenvalue weighted by molar-refractivity contribution is 7.83. The van der Waals surface area contributed by atoms with Crippen molar-refractivity contribution in [3.05, 3.63) is 0 Å². The van der Waals surface area contributed by atoms with E-state index in [1.54, 1.807) is 0 Å². The normalized spacial score (nSPS) is 15.9. The molecular formula is C42H96N9P3. The summed E-state index contributed by atoms with van der Waals surface area (Å²) in [5, 5.41) is 24.6. The second-order valence-corrected chi connectivity index (χ2v) is 23.7. The molecule has 0 fully saturated rings. The van der Waals surface area contributed by atoms with E-state index >= 15 is 0 Å². The van der Waals surface area contributed by atoms with Crippen molar-refractivity contribution in [1.29, 1.82) is 0 Å². The van der Waals surface area contributed by atoms with Crippen LogP contribution in [0.1, 0.15) is 234 Å². The molecule has 0 aromatic rings. The van der Waals surface area contributed by atoms with Gasteiger partial charge in [0, 0.05) is 39.3 Å². The second-order valence-electron chi connectivity index (χ2n) is 16.0. The van der Waals surface area contributed by atoms with Gasteiger partial charge in [0.05, 0.1) is 0 Å². The Morgan fingerprint density at radius 2 is 0.370 bits per heavy atom. The first-order chi connectivity index (χ1) is 26.5. The molecule has 0 unspecified atom stereocenters. The SMILES string of the molecule is CCCCCCCNP1(NCCCCCCC)=NP(NCCCCCCC)(NCCCCCCC)=NP(NCCCCCCC)(NCCCCCCC)=N1. The number of hydrogen-bond donors (Lipinski definition) is 6. The lowest BCUT2D eigenvalue weighted by molar-refractivity contribution is 0.614. The summed E-state index contributed by atoms with van der Waals surface area (Å²) >= 11 is 0. The molecule has 0 spiro atoms. The summed E-state index contributed by atoms with van der Waals surface area (Å²) in [6.07, 6.45) is 38.1. The number of unbranched alkanes of at least 4 members (excludes halogenated alkanes) is 24. The molecule has 6 N–H and O–H groups in total. The van der Waals surface area contributed by atoms with Gasteiger partial charge in [-0.3, -0.25) is 30.5 Å². The molecule has 1 rings (SSSR count). The van der Waals surface area contributed by atoms with Gasteiger partial charge in [0.25, 0.3) is 0 Å². The Balaban J connectivity index is 3.71. The quantitative estimate of drug-likeness (QED) is 0.0270. The fraction of sp³-hybridized carbons (Fsp3) is 1.00.